The standard InChI is InChI=1S/C14H17NO3/c1-3-9-15(10-14(17)18)13(4-2)11-5-7-12(16)8-6-11/h1,5-8,13,16H,4,9-10H2,2H3,(H,17,18). The van der Waals surface area contributed by atoms with Crippen molar-refractivity contribution in [3.63, 3.8) is 0 Å². The number of carbonyl (C=O) groups is 1. The van der Waals surface area contributed by atoms with Crippen molar-refractivity contribution in [2.45, 2.75) is 19.4 Å². The largest absolute Gasteiger partial charge is 0.508 e. The summed E-state index contributed by atoms with van der Waals surface area (Å²) in [4.78, 5) is 12.6. The summed E-state index contributed by atoms with van der Waals surface area (Å²) in [5.41, 5.74) is 0.951. The minimum absolute atomic E-state index is 0.0576. The molecule has 1 aromatic carbocycles. The van der Waals surface area contributed by atoms with E-state index in [1.165, 1.54) is 0 Å². The minimum atomic E-state index is -0.900. The van der Waals surface area contributed by atoms with Crippen LogP contribution in [-0.4, -0.2) is 34.2 Å². The third-order valence-electron chi connectivity index (χ3n) is 2.74. The van der Waals surface area contributed by atoms with Crippen molar-refractivity contribution in [2.75, 3.05) is 13.1 Å². The van der Waals surface area contributed by atoms with Gasteiger partial charge in [0.25, 0.3) is 0 Å². The predicted octanol–water partition coefficient (Wildman–Crippen LogP) is 1.86. The zero-order valence-corrected chi connectivity index (χ0v) is 10.3. The highest BCUT2D eigenvalue weighted by Gasteiger charge is 2.20. The van der Waals surface area contributed by atoms with Crippen LogP contribution in [0.2, 0.25) is 0 Å². The van der Waals surface area contributed by atoms with Crippen LogP contribution in [0.4, 0.5) is 0 Å². The van der Waals surface area contributed by atoms with Crippen LogP contribution in [-0.2, 0) is 4.79 Å². The Bertz CT molecular complexity index is 433. The first-order valence-electron chi connectivity index (χ1n) is 5.76. The lowest BCUT2D eigenvalue weighted by Gasteiger charge is -2.28. The molecule has 4 nitrogen and oxygen atoms in total. The second-order valence-corrected chi connectivity index (χ2v) is 4.02. The molecule has 2 N–H and O–H groups in total. The molecule has 0 aliphatic heterocycles. The number of phenols is 1. The Morgan fingerprint density at radius 3 is 2.50 bits per heavy atom. The van der Waals surface area contributed by atoms with E-state index in [1.54, 1.807) is 29.2 Å². The van der Waals surface area contributed by atoms with Crippen LogP contribution in [0, 0.1) is 12.3 Å². The summed E-state index contributed by atoms with van der Waals surface area (Å²) in [6.45, 7) is 2.16. The highest BCUT2D eigenvalue weighted by Crippen LogP contribution is 2.25. The van der Waals surface area contributed by atoms with Gasteiger partial charge in [0.15, 0.2) is 0 Å². The van der Waals surface area contributed by atoms with Crippen LogP contribution in [0.1, 0.15) is 24.9 Å². The molecule has 0 radical (unpaired) electrons. The number of hydrogen-bond acceptors (Lipinski definition) is 3. The van der Waals surface area contributed by atoms with E-state index in [4.69, 9.17) is 11.5 Å². The summed E-state index contributed by atoms with van der Waals surface area (Å²) in [5.74, 6) is 1.77. The molecule has 96 valence electrons. The summed E-state index contributed by atoms with van der Waals surface area (Å²) in [6.07, 6.45) is 6.02. The van der Waals surface area contributed by atoms with Crippen molar-refractivity contribution in [3.05, 3.63) is 29.8 Å². The Labute approximate surface area is 107 Å². The van der Waals surface area contributed by atoms with Gasteiger partial charge >= 0.3 is 5.97 Å². The lowest BCUT2D eigenvalue weighted by atomic mass is 10.0. The molecule has 0 amide bonds. The molecule has 0 aliphatic rings. The highest BCUT2D eigenvalue weighted by atomic mass is 16.4. The normalized spacial score (nSPS) is 12.1. The fraction of sp³-hybridized carbons (Fsp3) is 0.357. The van der Waals surface area contributed by atoms with Gasteiger partial charge in [-0.3, -0.25) is 9.69 Å². The molecule has 0 fully saturated rings. The van der Waals surface area contributed by atoms with Crippen molar-refractivity contribution < 1.29 is 15.0 Å². The Hall–Kier alpha value is -1.99. The monoisotopic (exact) mass is 247 g/mol. The summed E-state index contributed by atoms with van der Waals surface area (Å²) >= 11 is 0. The lowest BCUT2D eigenvalue weighted by Crippen LogP contribution is -2.33. The van der Waals surface area contributed by atoms with Gasteiger partial charge in [0.1, 0.15) is 5.75 Å². The quantitative estimate of drug-likeness (QED) is 0.753. The average Bonchev–Trinajstić information content (AvgIpc) is 2.32. The summed E-state index contributed by atoms with van der Waals surface area (Å²) in [6, 6.07) is 6.70. The topological polar surface area (TPSA) is 60.8 Å². The van der Waals surface area contributed by atoms with Gasteiger partial charge in [0, 0.05) is 6.04 Å². The summed E-state index contributed by atoms with van der Waals surface area (Å²) in [7, 11) is 0. The molecule has 0 aromatic heterocycles. The molecule has 0 saturated heterocycles. The van der Waals surface area contributed by atoms with Crippen LogP contribution in [0.5, 0.6) is 5.75 Å². The molecule has 4 heteroatoms. The molecule has 1 rings (SSSR count). The molecule has 0 aliphatic carbocycles. The molecule has 1 atom stereocenters. The molecule has 0 bridgehead atoms. The Kier molecular flexibility index (Phi) is 5.22. The molecule has 1 unspecified atom stereocenters. The van der Waals surface area contributed by atoms with Gasteiger partial charge in [-0.05, 0) is 24.1 Å². The number of rotatable bonds is 6. The van der Waals surface area contributed by atoms with Crippen molar-refractivity contribution in [2.24, 2.45) is 0 Å². The molecule has 1 aromatic rings. The maximum absolute atomic E-state index is 10.8. The van der Waals surface area contributed by atoms with Gasteiger partial charge in [-0.1, -0.05) is 25.0 Å². The van der Waals surface area contributed by atoms with Gasteiger partial charge in [-0.15, -0.1) is 6.42 Å². The van der Waals surface area contributed by atoms with Crippen LogP contribution >= 0.6 is 0 Å². The van der Waals surface area contributed by atoms with E-state index in [0.717, 1.165) is 12.0 Å². The van der Waals surface area contributed by atoms with E-state index >= 15 is 0 Å². The lowest BCUT2D eigenvalue weighted by molar-refractivity contribution is -0.138. The second-order valence-electron chi connectivity index (χ2n) is 4.02. The van der Waals surface area contributed by atoms with Crippen LogP contribution < -0.4 is 0 Å². The SMILES string of the molecule is C#CCN(CC(=O)O)C(CC)c1ccc(O)cc1. The number of aromatic hydroxyl groups is 1. The maximum Gasteiger partial charge on any atom is 0.317 e. The zero-order chi connectivity index (χ0) is 13.5. The number of phenolic OH excluding ortho intramolecular Hbond substituents is 1. The third-order valence-corrected chi connectivity index (χ3v) is 2.74. The number of aliphatic carboxylic acids is 1. The van der Waals surface area contributed by atoms with E-state index in [1.807, 2.05) is 6.92 Å². The molecule has 18 heavy (non-hydrogen) atoms. The molecule has 0 spiro atoms. The third kappa shape index (κ3) is 3.79. The number of benzene rings is 1. The van der Waals surface area contributed by atoms with Crippen LogP contribution in [0.25, 0.3) is 0 Å². The van der Waals surface area contributed by atoms with Gasteiger partial charge in [0.05, 0.1) is 13.1 Å². The second kappa shape index (κ2) is 6.67. The van der Waals surface area contributed by atoms with E-state index in [2.05, 4.69) is 5.92 Å². The average molecular weight is 247 g/mol. The number of hydrogen-bond donors (Lipinski definition) is 2. The number of nitrogens with zero attached hydrogens (tertiary/aromatic N) is 1. The maximum atomic E-state index is 10.8. The van der Waals surface area contributed by atoms with E-state index in [9.17, 15) is 9.90 Å². The molecule has 0 saturated carbocycles. The first kappa shape index (κ1) is 14.1. The van der Waals surface area contributed by atoms with Crippen molar-refractivity contribution in [1.29, 1.82) is 0 Å². The Balaban J connectivity index is 2.94. The predicted molar refractivity (Wildman–Crippen MR) is 69.2 cm³/mol. The van der Waals surface area contributed by atoms with Gasteiger partial charge < -0.3 is 10.2 Å². The molecular weight excluding hydrogens is 230 g/mol. The molecule has 0 heterocycles. The summed E-state index contributed by atoms with van der Waals surface area (Å²) in [5, 5.41) is 18.2. The Morgan fingerprint density at radius 2 is 2.06 bits per heavy atom. The van der Waals surface area contributed by atoms with E-state index < -0.39 is 5.97 Å². The van der Waals surface area contributed by atoms with Gasteiger partial charge in [-0.25, -0.2) is 0 Å². The van der Waals surface area contributed by atoms with Crippen LogP contribution in [0.3, 0.4) is 0 Å². The van der Waals surface area contributed by atoms with E-state index in [-0.39, 0.29) is 24.9 Å². The first-order valence-corrected chi connectivity index (χ1v) is 5.76. The van der Waals surface area contributed by atoms with E-state index in [0.29, 0.717) is 0 Å². The Morgan fingerprint density at radius 1 is 1.44 bits per heavy atom. The number of terminal acetylenes is 1. The van der Waals surface area contributed by atoms with Crippen LogP contribution in [0.15, 0.2) is 24.3 Å². The highest BCUT2D eigenvalue weighted by molar-refractivity contribution is 5.69. The first-order chi connectivity index (χ1) is 8.58. The van der Waals surface area contributed by atoms with Crippen molar-refractivity contribution >= 4 is 5.97 Å². The zero-order valence-electron chi connectivity index (χ0n) is 10.3. The fourth-order valence-corrected chi connectivity index (χ4v) is 1.97. The fourth-order valence-electron chi connectivity index (χ4n) is 1.97. The van der Waals surface area contributed by atoms with Crippen molar-refractivity contribution in [1.82, 2.24) is 4.90 Å². The number of carboxylic acids is 1. The number of carboxylic acid groups (broad SMARTS) is 1. The smallest absolute Gasteiger partial charge is 0.317 e. The van der Waals surface area contributed by atoms with Gasteiger partial charge in [0.2, 0.25) is 0 Å². The minimum Gasteiger partial charge on any atom is -0.508 e. The van der Waals surface area contributed by atoms with Gasteiger partial charge in [-0.2, -0.15) is 0 Å². The summed E-state index contributed by atoms with van der Waals surface area (Å²) < 4.78 is 0. The van der Waals surface area contributed by atoms with Crippen molar-refractivity contribution in [3.8, 4) is 18.1 Å². The molecular formula is C14H17NO3.